The molecule has 0 unspecified atom stereocenters. The fourth-order valence-electron chi connectivity index (χ4n) is 5.01. The summed E-state index contributed by atoms with van der Waals surface area (Å²) in [6.07, 6.45) is 1.13. The molecular formula is C26H26N4O5. The monoisotopic (exact) mass is 474 g/mol. The Bertz CT molecular complexity index is 1280. The predicted octanol–water partition coefficient (Wildman–Crippen LogP) is 3.72. The standard InChI is InChI=1S/C26H26N4O5/c1-3-26(24(32)33)14-30(15-26)23(31)22-21(12-27-29(22)2)28-25(34)35-13-20-18-10-6-4-8-16(18)17-9-5-7-11-19(17)20/h4-12,20H,3,13-15H2,1-2H3,(H,28,34)(H,32,33). The Kier molecular flexibility index (Phi) is 5.55. The van der Waals surface area contributed by atoms with Crippen molar-refractivity contribution in [2.75, 3.05) is 25.0 Å². The minimum Gasteiger partial charge on any atom is -0.481 e. The van der Waals surface area contributed by atoms with E-state index in [0.717, 1.165) is 22.3 Å². The number of carboxylic acids is 1. The third kappa shape index (κ3) is 3.73. The molecule has 1 aliphatic heterocycles. The molecule has 1 fully saturated rings. The van der Waals surface area contributed by atoms with Crippen LogP contribution in [-0.4, -0.2) is 57.5 Å². The van der Waals surface area contributed by atoms with E-state index in [1.54, 1.807) is 14.0 Å². The number of carbonyl (C=O) groups is 3. The predicted molar refractivity (Wildman–Crippen MR) is 128 cm³/mol. The third-order valence-electron chi connectivity index (χ3n) is 7.13. The molecule has 2 aromatic carbocycles. The van der Waals surface area contributed by atoms with Crippen LogP contribution in [0.4, 0.5) is 10.5 Å². The number of fused-ring (bicyclic) bond motifs is 3. The van der Waals surface area contributed by atoms with Gasteiger partial charge in [-0.1, -0.05) is 55.5 Å². The lowest BCUT2D eigenvalue weighted by Gasteiger charge is -2.46. The minimum atomic E-state index is -0.922. The van der Waals surface area contributed by atoms with Gasteiger partial charge in [0.1, 0.15) is 17.7 Å². The molecule has 2 aliphatic rings. The highest BCUT2D eigenvalue weighted by molar-refractivity contribution is 6.02. The highest BCUT2D eigenvalue weighted by atomic mass is 16.5. The number of aromatic nitrogens is 2. The van der Waals surface area contributed by atoms with Crippen molar-refractivity contribution in [1.29, 1.82) is 0 Å². The Morgan fingerprint density at radius 2 is 1.69 bits per heavy atom. The quantitative estimate of drug-likeness (QED) is 0.563. The van der Waals surface area contributed by atoms with Crippen LogP contribution in [0.3, 0.4) is 0 Å². The number of rotatable bonds is 6. The molecule has 0 atom stereocenters. The first-order chi connectivity index (χ1) is 16.8. The molecule has 3 aromatic rings. The van der Waals surface area contributed by atoms with E-state index in [9.17, 15) is 19.5 Å². The molecule has 0 saturated carbocycles. The summed E-state index contributed by atoms with van der Waals surface area (Å²) >= 11 is 0. The molecule has 9 heteroatoms. The molecule has 1 aliphatic carbocycles. The summed E-state index contributed by atoms with van der Waals surface area (Å²) in [4.78, 5) is 38.8. The number of hydrogen-bond acceptors (Lipinski definition) is 5. The topological polar surface area (TPSA) is 114 Å². The van der Waals surface area contributed by atoms with Gasteiger partial charge in [0.15, 0.2) is 0 Å². The number of nitrogens with zero attached hydrogens (tertiary/aromatic N) is 3. The van der Waals surface area contributed by atoms with Gasteiger partial charge in [-0.3, -0.25) is 19.6 Å². The summed E-state index contributed by atoms with van der Waals surface area (Å²) in [6.45, 7) is 2.18. The van der Waals surface area contributed by atoms with Crippen LogP contribution in [0.2, 0.25) is 0 Å². The van der Waals surface area contributed by atoms with Gasteiger partial charge in [-0.2, -0.15) is 5.10 Å². The second kappa shape index (κ2) is 8.57. The third-order valence-corrected chi connectivity index (χ3v) is 7.13. The lowest BCUT2D eigenvalue weighted by molar-refractivity contribution is -0.158. The van der Waals surface area contributed by atoms with Crippen molar-refractivity contribution in [3.8, 4) is 11.1 Å². The van der Waals surface area contributed by atoms with Gasteiger partial charge >= 0.3 is 12.1 Å². The molecule has 2 N–H and O–H groups in total. The first-order valence-corrected chi connectivity index (χ1v) is 11.5. The fourth-order valence-corrected chi connectivity index (χ4v) is 5.01. The average Bonchev–Trinajstić information content (AvgIpc) is 3.34. The molecule has 1 saturated heterocycles. The van der Waals surface area contributed by atoms with Crippen LogP contribution in [0.15, 0.2) is 54.7 Å². The molecule has 2 amide bonds. The summed E-state index contributed by atoms with van der Waals surface area (Å²) in [5.74, 6) is -1.38. The zero-order chi connectivity index (χ0) is 24.7. The maximum Gasteiger partial charge on any atom is 0.411 e. The number of nitrogens with one attached hydrogen (secondary N) is 1. The number of aliphatic carboxylic acids is 1. The van der Waals surface area contributed by atoms with Gasteiger partial charge in [0.25, 0.3) is 5.91 Å². The normalized spacial score (nSPS) is 15.7. The van der Waals surface area contributed by atoms with Crippen LogP contribution in [0.5, 0.6) is 0 Å². The number of likely N-dealkylation sites (tertiary alicyclic amines) is 1. The van der Waals surface area contributed by atoms with Crippen LogP contribution in [0, 0.1) is 5.41 Å². The number of ether oxygens (including phenoxy) is 1. The van der Waals surface area contributed by atoms with Gasteiger partial charge in [0, 0.05) is 26.1 Å². The van der Waals surface area contributed by atoms with E-state index in [1.807, 2.05) is 36.4 Å². The zero-order valence-corrected chi connectivity index (χ0v) is 19.5. The first-order valence-electron chi connectivity index (χ1n) is 11.5. The summed E-state index contributed by atoms with van der Waals surface area (Å²) in [7, 11) is 1.60. The Morgan fingerprint density at radius 1 is 1.09 bits per heavy atom. The van der Waals surface area contributed by atoms with Crippen LogP contribution in [0.1, 0.15) is 40.9 Å². The maximum atomic E-state index is 13.1. The van der Waals surface area contributed by atoms with Gasteiger partial charge in [-0.25, -0.2) is 4.79 Å². The number of amides is 2. The van der Waals surface area contributed by atoms with E-state index in [-0.39, 0.29) is 42.9 Å². The van der Waals surface area contributed by atoms with E-state index < -0.39 is 17.5 Å². The summed E-state index contributed by atoms with van der Waals surface area (Å²) in [5, 5.41) is 16.2. The molecule has 2 heterocycles. The van der Waals surface area contributed by atoms with E-state index in [2.05, 4.69) is 22.5 Å². The van der Waals surface area contributed by atoms with Crippen LogP contribution in [0.25, 0.3) is 11.1 Å². The van der Waals surface area contributed by atoms with Crippen molar-refractivity contribution in [1.82, 2.24) is 14.7 Å². The number of anilines is 1. The minimum absolute atomic E-state index is 0.0811. The second-order valence-electron chi connectivity index (χ2n) is 9.08. The van der Waals surface area contributed by atoms with Crippen LogP contribution >= 0.6 is 0 Å². The summed E-state index contributed by atoms with van der Waals surface area (Å²) in [5.41, 5.74) is 3.96. The average molecular weight is 475 g/mol. The lowest BCUT2D eigenvalue weighted by Crippen LogP contribution is -2.62. The molecule has 5 rings (SSSR count). The molecule has 9 nitrogen and oxygen atoms in total. The number of aryl methyl sites for hydroxylation is 1. The van der Waals surface area contributed by atoms with Gasteiger partial charge in [0.05, 0.1) is 11.9 Å². The Balaban J connectivity index is 1.27. The highest BCUT2D eigenvalue weighted by Gasteiger charge is 2.50. The van der Waals surface area contributed by atoms with E-state index >= 15 is 0 Å². The van der Waals surface area contributed by atoms with Gasteiger partial charge in [-0.15, -0.1) is 0 Å². The molecule has 0 bridgehead atoms. The first kappa shape index (κ1) is 22.6. The SMILES string of the molecule is CCC1(C(=O)O)CN(C(=O)c2c(NC(=O)OCC3c4ccccc4-c4ccccc43)cnn2C)C1. The fraction of sp³-hybridized carbons (Fsp3) is 0.308. The lowest BCUT2D eigenvalue weighted by atomic mass is 9.77. The van der Waals surface area contributed by atoms with Gasteiger partial charge < -0.3 is 14.7 Å². The van der Waals surface area contributed by atoms with E-state index in [4.69, 9.17) is 4.74 Å². The van der Waals surface area contributed by atoms with Crippen LogP contribution in [-0.2, 0) is 16.6 Å². The van der Waals surface area contributed by atoms with Gasteiger partial charge in [0.2, 0.25) is 0 Å². The Morgan fingerprint density at radius 3 is 2.26 bits per heavy atom. The molecule has 1 aromatic heterocycles. The number of benzene rings is 2. The Hall–Kier alpha value is -4.14. The van der Waals surface area contributed by atoms with Crippen molar-refractivity contribution in [2.24, 2.45) is 12.5 Å². The number of carboxylic acid groups (broad SMARTS) is 1. The smallest absolute Gasteiger partial charge is 0.411 e. The van der Waals surface area contributed by atoms with Gasteiger partial charge in [-0.05, 0) is 28.7 Å². The van der Waals surface area contributed by atoms with Crippen molar-refractivity contribution in [2.45, 2.75) is 19.3 Å². The van der Waals surface area contributed by atoms with E-state index in [1.165, 1.54) is 15.8 Å². The summed E-state index contributed by atoms with van der Waals surface area (Å²) < 4.78 is 6.95. The zero-order valence-electron chi connectivity index (χ0n) is 19.5. The van der Waals surface area contributed by atoms with Crippen molar-refractivity contribution >= 4 is 23.7 Å². The summed E-state index contributed by atoms with van der Waals surface area (Å²) in [6, 6.07) is 16.1. The second-order valence-corrected chi connectivity index (χ2v) is 9.08. The van der Waals surface area contributed by atoms with Crippen molar-refractivity contribution in [3.05, 3.63) is 71.5 Å². The molecule has 0 spiro atoms. The molecule has 35 heavy (non-hydrogen) atoms. The number of hydrogen-bond donors (Lipinski definition) is 2. The van der Waals surface area contributed by atoms with Crippen molar-refractivity contribution < 1.29 is 24.2 Å². The van der Waals surface area contributed by atoms with Crippen LogP contribution < -0.4 is 5.32 Å². The van der Waals surface area contributed by atoms with E-state index in [0.29, 0.717) is 6.42 Å². The molecule has 180 valence electrons. The maximum absolute atomic E-state index is 13.1. The molecule has 0 radical (unpaired) electrons. The number of carbonyl (C=O) groups excluding carboxylic acids is 2. The highest BCUT2D eigenvalue weighted by Crippen LogP contribution is 2.44. The molecular weight excluding hydrogens is 448 g/mol. The largest absolute Gasteiger partial charge is 0.481 e. The Labute approximate surface area is 202 Å². The van der Waals surface area contributed by atoms with Crippen molar-refractivity contribution in [3.63, 3.8) is 0 Å².